The minimum absolute atomic E-state index is 0.0100. The normalized spacial score (nSPS) is 10.6. The maximum atomic E-state index is 12.5. The van der Waals surface area contributed by atoms with Crippen LogP contribution in [0.5, 0.6) is 11.5 Å². The summed E-state index contributed by atoms with van der Waals surface area (Å²) in [6, 6.07) is 14.8. The van der Waals surface area contributed by atoms with Gasteiger partial charge in [-0.15, -0.1) is 0 Å². The molecule has 0 amide bonds. The van der Waals surface area contributed by atoms with Gasteiger partial charge in [0.2, 0.25) is 5.12 Å². The first-order valence-electron chi connectivity index (χ1n) is 12.9. The third kappa shape index (κ3) is 12.3. The average Bonchev–Trinajstić information content (AvgIpc) is 2.89. The van der Waals surface area contributed by atoms with Crippen LogP contribution in [0.3, 0.4) is 0 Å². The van der Waals surface area contributed by atoms with Crippen molar-refractivity contribution in [2.45, 2.75) is 76.0 Å². The van der Waals surface area contributed by atoms with Crippen molar-refractivity contribution >= 4 is 22.8 Å². The van der Waals surface area contributed by atoms with Crippen LogP contribution in [-0.4, -0.2) is 31.4 Å². The Labute approximate surface area is 220 Å². The van der Waals surface area contributed by atoms with Gasteiger partial charge in [0.25, 0.3) is 0 Å². The van der Waals surface area contributed by atoms with Gasteiger partial charge < -0.3 is 14.2 Å². The van der Waals surface area contributed by atoms with E-state index in [1.807, 2.05) is 48.5 Å². The fourth-order valence-electron chi connectivity index (χ4n) is 3.59. The standard InChI is InChI=1S/C30H40O5S/c1-24(2)29(31)35-23-13-11-9-7-5-4-6-8-10-12-22-34-27-16-14-25(15-17-27)30(32)36-28-20-18-26(33-3)19-21-28/h14-21H,1,4-13,22-23H2,2-3H3. The second-order valence-corrected chi connectivity index (χ2v) is 9.94. The largest absolute Gasteiger partial charge is 0.497 e. The molecule has 5 nitrogen and oxygen atoms in total. The summed E-state index contributed by atoms with van der Waals surface area (Å²) < 4.78 is 16.1. The molecule has 0 N–H and O–H groups in total. The van der Waals surface area contributed by atoms with Crippen molar-refractivity contribution in [1.82, 2.24) is 0 Å². The zero-order chi connectivity index (χ0) is 26.0. The molecule has 0 heterocycles. The van der Waals surface area contributed by atoms with Gasteiger partial charge in [-0.3, -0.25) is 4.79 Å². The van der Waals surface area contributed by atoms with Crippen molar-refractivity contribution in [3.63, 3.8) is 0 Å². The molecule has 0 fully saturated rings. The minimum Gasteiger partial charge on any atom is -0.497 e. The van der Waals surface area contributed by atoms with E-state index in [9.17, 15) is 9.59 Å². The van der Waals surface area contributed by atoms with Crippen molar-refractivity contribution in [3.8, 4) is 11.5 Å². The van der Waals surface area contributed by atoms with Gasteiger partial charge in [0, 0.05) is 16.0 Å². The molecule has 0 aliphatic carbocycles. The lowest BCUT2D eigenvalue weighted by molar-refractivity contribution is -0.139. The van der Waals surface area contributed by atoms with Crippen molar-refractivity contribution in [1.29, 1.82) is 0 Å². The lowest BCUT2D eigenvalue weighted by Crippen LogP contribution is -2.05. The van der Waals surface area contributed by atoms with E-state index in [1.54, 1.807) is 14.0 Å². The first kappa shape index (κ1) is 29.5. The Morgan fingerprint density at radius 3 is 1.75 bits per heavy atom. The van der Waals surface area contributed by atoms with Crippen LogP contribution < -0.4 is 9.47 Å². The van der Waals surface area contributed by atoms with Crippen LogP contribution in [0.25, 0.3) is 0 Å². The van der Waals surface area contributed by atoms with Gasteiger partial charge in [-0.1, -0.05) is 57.9 Å². The number of thioether (sulfide) groups is 1. The van der Waals surface area contributed by atoms with E-state index in [0.717, 1.165) is 35.7 Å². The summed E-state index contributed by atoms with van der Waals surface area (Å²) in [6.45, 7) is 6.45. The maximum absolute atomic E-state index is 12.5. The summed E-state index contributed by atoms with van der Waals surface area (Å²) in [6.07, 6.45) is 11.7. The van der Waals surface area contributed by atoms with Gasteiger partial charge in [0.1, 0.15) is 11.5 Å². The molecular formula is C30H40O5S. The summed E-state index contributed by atoms with van der Waals surface area (Å²) in [7, 11) is 1.62. The van der Waals surface area contributed by atoms with Crippen molar-refractivity contribution < 1.29 is 23.8 Å². The average molecular weight is 513 g/mol. The third-order valence-corrected chi connectivity index (χ3v) is 6.68. The van der Waals surface area contributed by atoms with Crippen LogP contribution in [-0.2, 0) is 9.53 Å². The van der Waals surface area contributed by atoms with Gasteiger partial charge >= 0.3 is 5.97 Å². The molecule has 6 heteroatoms. The zero-order valence-corrected chi connectivity index (χ0v) is 22.6. The number of ether oxygens (including phenoxy) is 3. The quantitative estimate of drug-likeness (QED) is 0.0872. The molecule has 0 saturated carbocycles. The van der Waals surface area contributed by atoms with Gasteiger partial charge in [-0.05, 0) is 80.1 Å². The van der Waals surface area contributed by atoms with Crippen LogP contribution in [0.2, 0.25) is 0 Å². The Morgan fingerprint density at radius 2 is 1.22 bits per heavy atom. The van der Waals surface area contributed by atoms with Crippen molar-refractivity contribution in [2.24, 2.45) is 0 Å². The maximum Gasteiger partial charge on any atom is 0.333 e. The van der Waals surface area contributed by atoms with Crippen molar-refractivity contribution in [2.75, 3.05) is 20.3 Å². The number of hydrogen-bond donors (Lipinski definition) is 0. The first-order valence-corrected chi connectivity index (χ1v) is 13.7. The molecule has 0 unspecified atom stereocenters. The number of methoxy groups -OCH3 is 1. The Morgan fingerprint density at radius 1 is 0.722 bits per heavy atom. The Bertz CT molecular complexity index is 921. The van der Waals surface area contributed by atoms with E-state index in [2.05, 4.69) is 6.58 Å². The molecule has 0 saturated heterocycles. The molecule has 0 radical (unpaired) electrons. The number of esters is 1. The van der Waals surface area contributed by atoms with E-state index < -0.39 is 0 Å². The number of rotatable bonds is 18. The molecule has 0 spiro atoms. The second kappa shape index (κ2) is 17.7. The van der Waals surface area contributed by atoms with E-state index >= 15 is 0 Å². The van der Waals surface area contributed by atoms with Gasteiger partial charge in [0.15, 0.2) is 0 Å². The highest BCUT2D eigenvalue weighted by atomic mass is 32.2. The number of benzene rings is 2. The third-order valence-electron chi connectivity index (χ3n) is 5.75. The monoisotopic (exact) mass is 512 g/mol. The predicted molar refractivity (Wildman–Crippen MR) is 147 cm³/mol. The molecule has 2 aromatic rings. The first-order chi connectivity index (χ1) is 17.5. The smallest absolute Gasteiger partial charge is 0.333 e. The van der Waals surface area contributed by atoms with Gasteiger partial charge in [-0.2, -0.15) is 0 Å². The second-order valence-electron chi connectivity index (χ2n) is 8.89. The van der Waals surface area contributed by atoms with Crippen LogP contribution >= 0.6 is 11.8 Å². The molecule has 0 aliphatic rings. The van der Waals surface area contributed by atoms with Gasteiger partial charge in [0.05, 0.1) is 20.3 Å². The Kier molecular flexibility index (Phi) is 14.5. The van der Waals surface area contributed by atoms with Crippen LogP contribution in [0, 0.1) is 0 Å². The van der Waals surface area contributed by atoms with E-state index in [-0.39, 0.29) is 11.1 Å². The molecule has 0 bridgehead atoms. The van der Waals surface area contributed by atoms with Crippen LogP contribution in [0.4, 0.5) is 0 Å². The lowest BCUT2D eigenvalue weighted by atomic mass is 10.1. The summed E-state index contributed by atoms with van der Waals surface area (Å²) in [5.41, 5.74) is 1.12. The highest BCUT2D eigenvalue weighted by molar-refractivity contribution is 8.14. The van der Waals surface area contributed by atoms with Gasteiger partial charge in [-0.25, -0.2) is 4.79 Å². The highest BCUT2D eigenvalue weighted by Crippen LogP contribution is 2.26. The SMILES string of the molecule is C=C(C)C(=O)OCCCCCCCCCCCCOc1ccc(C(=O)Sc2ccc(OC)cc2)cc1. The fraction of sp³-hybridized carbons (Fsp3) is 0.467. The Balaban J connectivity index is 1.45. The molecule has 196 valence electrons. The molecule has 2 rings (SSSR count). The number of carbonyl (C=O) groups is 2. The molecule has 36 heavy (non-hydrogen) atoms. The van der Waals surface area contributed by atoms with Crippen LogP contribution in [0.15, 0.2) is 65.6 Å². The summed E-state index contributed by atoms with van der Waals surface area (Å²) in [5.74, 6) is 1.29. The molecule has 0 atom stereocenters. The topological polar surface area (TPSA) is 61.8 Å². The van der Waals surface area contributed by atoms with Crippen LogP contribution in [0.1, 0.15) is 81.5 Å². The Hall–Kier alpha value is -2.73. The lowest BCUT2D eigenvalue weighted by Gasteiger charge is -2.07. The predicted octanol–water partition coefficient (Wildman–Crippen LogP) is 8.03. The molecule has 0 aromatic heterocycles. The number of unbranched alkanes of at least 4 members (excludes halogenated alkanes) is 9. The van der Waals surface area contributed by atoms with E-state index in [0.29, 0.717) is 24.4 Å². The summed E-state index contributed by atoms with van der Waals surface area (Å²) in [5, 5.41) is 0.0100. The molecular weight excluding hydrogens is 472 g/mol. The minimum atomic E-state index is -0.286. The molecule has 2 aromatic carbocycles. The highest BCUT2D eigenvalue weighted by Gasteiger charge is 2.09. The summed E-state index contributed by atoms with van der Waals surface area (Å²) >= 11 is 1.21. The van der Waals surface area contributed by atoms with E-state index in [1.165, 1.54) is 56.7 Å². The molecule has 0 aliphatic heterocycles. The number of hydrogen-bond acceptors (Lipinski definition) is 6. The number of carbonyl (C=O) groups excluding carboxylic acids is 2. The van der Waals surface area contributed by atoms with E-state index in [4.69, 9.17) is 14.2 Å². The zero-order valence-electron chi connectivity index (χ0n) is 21.8. The summed E-state index contributed by atoms with van der Waals surface area (Å²) in [4.78, 5) is 24.6. The fourth-order valence-corrected chi connectivity index (χ4v) is 4.33. The van der Waals surface area contributed by atoms with Crippen molar-refractivity contribution in [3.05, 3.63) is 66.2 Å².